The van der Waals surface area contributed by atoms with Crippen molar-refractivity contribution in [2.75, 3.05) is 26.2 Å². The largest absolute Gasteiger partial charge is 0.393 e. The van der Waals surface area contributed by atoms with Gasteiger partial charge in [-0.25, -0.2) is 0 Å². The standard InChI is InChI=1S/C13H24N2O3/c1-3-7-14-9-13(18)15(10-12(14)17)8-5-6-11(16)4-2/h11,16H,3-10H2,1-2H3. The number of hydrogen-bond acceptors (Lipinski definition) is 3. The van der Waals surface area contributed by atoms with E-state index in [-0.39, 0.29) is 31.0 Å². The molecule has 0 spiro atoms. The molecule has 1 saturated heterocycles. The van der Waals surface area contributed by atoms with E-state index in [9.17, 15) is 14.7 Å². The number of aliphatic hydroxyl groups excluding tert-OH is 1. The summed E-state index contributed by atoms with van der Waals surface area (Å²) in [5, 5.41) is 9.44. The van der Waals surface area contributed by atoms with Gasteiger partial charge in [-0.3, -0.25) is 9.59 Å². The fourth-order valence-corrected chi connectivity index (χ4v) is 2.10. The van der Waals surface area contributed by atoms with E-state index in [1.54, 1.807) is 9.80 Å². The lowest BCUT2D eigenvalue weighted by Crippen LogP contribution is -2.54. The summed E-state index contributed by atoms with van der Waals surface area (Å²) in [6.45, 7) is 5.57. The van der Waals surface area contributed by atoms with Gasteiger partial charge in [0.15, 0.2) is 0 Å². The van der Waals surface area contributed by atoms with E-state index >= 15 is 0 Å². The Morgan fingerprint density at radius 3 is 2.17 bits per heavy atom. The van der Waals surface area contributed by atoms with Crippen LogP contribution in [0.15, 0.2) is 0 Å². The molecule has 18 heavy (non-hydrogen) atoms. The maximum atomic E-state index is 11.8. The fraction of sp³-hybridized carbons (Fsp3) is 0.846. The van der Waals surface area contributed by atoms with E-state index in [0.29, 0.717) is 19.5 Å². The van der Waals surface area contributed by atoms with E-state index in [0.717, 1.165) is 19.3 Å². The molecule has 1 unspecified atom stereocenters. The zero-order valence-electron chi connectivity index (χ0n) is 11.4. The van der Waals surface area contributed by atoms with Gasteiger partial charge in [0.05, 0.1) is 19.2 Å². The average Bonchev–Trinajstić information content (AvgIpc) is 2.35. The van der Waals surface area contributed by atoms with Crippen molar-refractivity contribution in [3.8, 4) is 0 Å². The molecule has 2 amide bonds. The minimum absolute atomic E-state index is 0.0223. The number of aliphatic hydroxyl groups is 1. The van der Waals surface area contributed by atoms with Crippen LogP contribution in [0.25, 0.3) is 0 Å². The second-order valence-corrected chi connectivity index (χ2v) is 4.83. The Kier molecular flexibility index (Phi) is 6.12. The molecule has 0 aliphatic carbocycles. The molecular formula is C13H24N2O3. The summed E-state index contributed by atoms with van der Waals surface area (Å²) in [5.41, 5.74) is 0. The Morgan fingerprint density at radius 2 is 1.67 bits per heavy atom. The Balaban J connectivity index is 2.35. The lowest BCUT2D eigenvalue weighted by atomic mass is 10.1. The van der Waals surface area contributed by atoms with Crippen LogP contribution in [0.3, 0.4) is 0 Å². The third-order valence-electron chi connectivity index (χ3n) is 3.29. The lowest BCUT2D eigenvalue weighted by Gasteiger charge is -2.33. The normalized spacial score (nSPS) is 18.4. The Hall–Kier alpha value is -1.10. The van der Waals surface area contributed by atoms with Crippen LogP contribution >= 0.6 is 0 Å². The first-order chi connectivity index (χ1) is 8.58. The van der Waals surface area contributed by atoms with Gasteiger partial charge in [-0.15, -0.1) is 0 Å². The van der Waals surface area contributed by atoms with E-state index in [4.69, 9.17) is 0 Å². The van der Waals surface area contributed by atoms with Crippen LogP contribution in [0.1, 0.15) is 39.5 Å². The number of piperazine rings is 1. The fourth-order valence-electron chi connectivity index (χ4n) is 2.10. The minimum Gasteiger partial charge on any atom is -0.393 e. The van der Waals surface area contributed by atoms with Crippen molar-refractivity contribution in [2.45, 2.75) is 45.6 Å². The SMILES string of the molecule is CCCN1CC(=O)N(CCCC(O)CC)CC1=O. The summed E-state index contributed by atoms with van der Waals surface area (Å²) in [6.07, 6.45) is 2.76. The van der Waals surface area contributed by atoms with Crippen molar-refractivity contribution >= 4 is 11.8 Å². The first-order valence-corrected chi connectivity index (χ1v) is 6.82. The summed E-state index contributed by atoms with van der Waals surface area (Å²) in [6, 6.07) is 0. The van der Waals surface area contributed by atoms with E-state index in [2.05, 4.69) is 0 Å². The molecule has 1 heterocycles. The molecule has 1 atom stereocenters. The highest BCUT2D eigenvalue weighted by Crippen LogP contribution is 2.08. The van der Waals surface area contributed by atoms with Gasteiger partial charge >= 0.3 is 0 Å². The van der Waals surface area contributed by atoms with E-state index in [1.165, 1.54) is 0 Å². The number of amides is 2. The molecule has 0 aromatic rings. The third kappa shape index (κ3) is 4.29. The van der Waals surface area contributed by atoms with E-state index in [1.807, 2.05) is 13.8 Å². The summed E-state index contributed by atoms with van der Waals surface area (Å²) in [5.74, 6) is 0.0570. The van der Waals surface area contributed by atoms with Crippen LogP contribution < -0.4 is 0 Å². The molecule has 1 aliphatic heterocycles. The molecule has 1 rings (SSSR count). The van der Waals surface area contributed by atoms with Gasteiger partial charge in [-0.1, -0.05) is 13.8 Å². The molecule has 0 radical (unpaired) electrons. The van der Waals surface area contributed by atoms with Crippen LogP contribution in [0.5, 0.6) is 0 Å². The maximum Gasteiger partial charge on any atom is 0.242 e. The number of carbonyl (C=O) groups excluding carboxylic acids is 2. The molecule has 1 N–H and O–H groups in total. The van der Waals surface area contributed by atoms with E-state index < -0.39 is 0 Å². The molecular weight excluding hydrogens is 232 g/mol. The molecule has 5 nitrogen and oxygen atoms in total. The second kappa shape index (κ2) is 7.36. The highest BCUT2D eigenvalue weighted by atomic mass is 16.3. The Labute approximate surface area is 109 Å². The predicted octanol–water partition coefficient (Wildman–Crippen LogP) is 0.618. The monoisotopic (exact) mass is 256 g/mol. The first kappa shape index (κ1) is 15.0. The number of nitrogens with zero attached hydrogens (tertiary/aromatic N) is 2. The molecule has 0 saturated carbocycles. The van der Waals surface area contributed by atoms with Gasteiger partial charge in [0.2, 0.25) is 11.8 Å². The van der Waals surface area contributed by atoms with Crippen LogP contribution in [-0.4, -0.2) is 59.0 Å². The summed E-state index contributed by atoms with van der Waals surface area (Å²) >= 11 is 0. The van der Waals surface area contributed by atoms with Gasteiger partial charge in [0, 0.05) is 13.1 Å². The van der Waals surface area contributed by atoms with Crippen molar-refractivity contribution < 1.29 is 14.7 Å². The van der Waals surface area contributed by atoms with Crippen molar-refractivity contribution in [3.63, 3.8) is 0 Å². The predicted molar refractivity (Wildman–Crippen MR) is 69.0 cm³/mol. The molecule has 1 aliphatic rings. The minimum atomic E-state index is -0.294. The number of rotatable bonds is 7. The quantitative estimate of drug-likeness (QED) is 0.726. The number of carbonyl (C=O) groups is 2. The van der Waals surface area contributed by atoms with Crippen molar-refractivity contribution in [1.29, 1.82) is 0 Å². The summed E-state index contributed by atoms with van der Waals surface area (Å²) < 4.78 is 0. The smallest absolute Gasteiger partial charge is 0.242 e. The highest BCUT2D eigenvalue weighted by molar-refractivity contribution is 5.92. The zero-order chi connectivity index (χ0) is 13.5. The van der Waals surface area contributed by atoms with Crippen molar-refractivity contribution in [1.82, 2.24) is 9.80 Å². The van der Waals surface area contributed by atoms with Crippen molar-refractivity contribution in [3.05, 3.63) is 0 Å². The highest BCUT2D eigenvalue weighted by Gasteiger charge is 2.28. The van der Waals surface area contributed by atoms with Gasteiger partial charge in [-0.05, 0) is 25.7 Å². The molecule has 1 fully saturated rings. The molecule has 0 bridgehead atoms. The first-order valence-electron chi connectivity index (χ1n) is 6.82. The second-order valence-electron chi connectivity index (χ2n) is 4.83. The van der Waals surface area contributed by atoms with Crippen LogP contribution in [-0.2, 0) is 9.59 Å². The number of hydrogen-bond donors (Lipinski definition) is 1. The Bertz CT molecular complexity index is 294. The zero-order valence-corrected chi connectivity index (χ0v) is 11.4. The van der Waals surface area contributed by atoms with Gasteiger partial charge in [-0.2, -0.15) is 0 Å². The van der Waals surface area contributed by atoms with Gasteiger partial charge in [0.25, 0.3) is 0 Å². The van der Waals surface area contributed by atoms with Gasteiger partial charge < -0.3 is 14.9 Å². The molecule has 104 valence electrons. The maximum absolute atomic E-state index is 11.8. The Morgan fingerprint density at radius 1 is 1.11 bits per heavy atom. The van der Waals surface area contributed by atoms with Crippen LogP contribution in [0, 0.1) is 0 Å². The lowest BCUT2D eigenvalue weighted by molar-refractivity contribution is -0.150. The topological polar surface area (TPSA) is 60.9 Å². The molecule has 0 aromatic carbocycles. The molecule has 5 heteroatoms. The molecule has 0 aromatic heterocycles. The van der Waals surface area contributed by atoms with Crippen LogP contribution in [0.4, 0.5) is 0 Å². The van der Waals surface area contributed by atoms with Crippen molar-refractivity contribution in [2.24, 2.45) is 0 Å². The summed E-state index contributed by atoms with van der Waals surface area (Å²) in [4.78, 5) is 26.8. The summed E-state index contributed by atoms with van der Waals surface area (Å²) in [7, 11) is 0. The van der Waals surface area contributed by atoms with Crippen LogP contribution in [0.2, 0.25) is 0 Å². The average molecular weight is 256 g/mol. The van der Waals surface area contributed by atoms with Gasteiger partial charge in [0.1, 0.15) is 0 Å². The third-order valence-corrected chi connectivity index (χ3v) is 3.29.